The minimum absolute atomic E-state index is 0.265. The fourth-order valence-corrected chi connectivity index (χ4v) is 3.74. The molecule has 1 aliphatic rings. The smallest absolute Gasteiger partial charge is 0.186 e. The Labute approximate surface area is 105 Å². The van der Waals surface area contributed by atoms with Crippen molar-refractivity contribution in [2.45, 2.75) is 25.1 Å². The van der Waals surface area contributed by atoms with E-state index in [4.69, 9.17) is 0 Å². The maximum absolute atomic E-state index is 12.0. The number of thiophene rings is 1. The maximum Gasteiger partial charge on any atom is 0.186 e. The summed E-state index contributed by atoms with van der Waals surface area (Å²) in [6.07, 6.45) is 0. The molecule has 1 aromatic heterocycles. The van der Waals surface area contributed by atoms with E-state index in [0.29, 0.717) is 17.8 Å². The van der Waals surface area contributed by atoms with Crippen LogP contribution < -0.4 is 0 Å². The Morgan fingerprint density at radius 2 is 2.38 bits per heavy atom. The Morgan fingerprint density at radius 3 is 3.06 bits per heavy atom. The van der Waals surface area contributed by atoms with Crippen LogP contribution >= 0.6 is 23.1 Å². The first-order chi connectivity index (χ1) is 7.68. The summed E-state index contributed by atoms with van der Waals surface area (Å²) in [4.78, 5) is 15.2. The molecule has 2 heterocycles. The highest BCUT2D eigenvalue weighted by Gasteiger charge is 2.26. The van der Waals surface area contributed by atoms with Gasteiger partial charge < -0.3 is 0 Å². The second kappa shape index (κ2) is 5.34. The standard InChI is InChI=1S/C12H17NOS2/c1-9-10(2)15-7-5-13(9)8-11(14)12-4-3-6-16-12/h3-4,6,9-10H,5,7-8H2,1-2H3. The predicted octanol–water partition coefficient (Wildman–Crippen LogP) is 2.76. The van der Waals surface area contributed by atoms with Crippen LogP contribution in [0.4, 0.5) is 0 Å². The summed E-state index contributed by atoms with van der Waals surface area (Å²) in [5.74, 6) is 1.41. The number of carbonyl (C=O) groups excluding carboxylic acids is 1. The zero-order chi connectivity index (χ0) is 11.5. The number of hydrogen-bond donors (Lipinski definition) is 0. The average molecular weight is 255 g/mol. The van der Waals surface area contributed by atoms with Gasteiger partial charge in [-0.25, -0.2) is 0 Å². The van der Waals surface area contributed by atoms with Crippen LogP contribution in [0.3, 0.4) is 0 Å². The van der Waals surface area contributed by atoms with E-state index in [1.54, 1.807) is 11.3 Å². The van der Waals surface area contributed by atoms with Crippen LogP contribution in [0.1, 0.15) is 23.5 Å². The predicted molar refractivity (Wildman–Crippen MR) is 71.6 cm³/mol. The molecule has 2 atom stereocenters. The van der Waals surface area contributed by atoms with E-state index >= 15 is 0 Å². The third-order valence-corrected chi connectivity index (χ3v) is 5.41. The van der Waals surface area contributed by atoms with E-state index in [9.17, 15) is 4.79 Å². The van der Waals surface area contributed by atoms with Crippen LogP contribution in [-0.2, 0) is 0 Å². The molecule has 1 saturated heterocycles. The van der Waals surface area contributed by atoms with Crippen molar-refractivity contribution in [1.29, 1.82) is 0 Å². The van der Waals surface area contributed by atoms with E-state index < -0.39 is 0 Å². The molecule has 2 nitrogen and oxygen atoms in total. The van der Waals surface area contributed by atoms with E-state index in [-0.39, 0.29) is 5.78 Å². The zero-order valence-corrected chi connectivity index (χ0v) is 11.3. The summed E-state index contributed by atoms with van der Waals surface area (Å²) in [5.41, 5.74) is 0. The highest BCUT2D eigenvalue weighted by atomic mass is 32.2. The minimum Gasteiger partial charge on any atom is -0.292 e. The second-order valence-corrected chi connectivity index (χ2v) is 6.62. The first kappa shape index (κ1) is 12.1. The van der Waals surface area contributed by atoms with Gasteiger partial charge in [0.25, 0.3) is 0 Å². The normalized spacial score (nSPS) is 26.9. The van der Waals surface area contributed by atoms with Crippen molar-refractivity contribution in [1.82, 2.24) is 4.90 Å². The quantitative estimate of drug-likeness (QED) is 0.775. The van der Waals surface area contributed by atoms with Gasteiger partial charge in [0.2, 0.25) is 0 Å². The third kappa shape index (κ3) is 2.67. The van der Waals surface area contributed by atoms with Gasteiger partial charge in [-0.1, -0.05) is 13.0 Å². The molecule has 4 heteroatoms. The molecular formula is C12H17NOS2. The third-order valence-electron chi connectivity index (χ3n) is 3.16. The highest BCUT2D eigenvalue weighted by molar-refractivity contribution is 8.00. The Hall–Kier alpha value is -0.320. The molecule has 0 saturated carbocycles. The van der Waals surface area contributed by atoms with Gasteiger partial charge in [0.1, 0.15) is 0 Å². The zero-order valence-electron chi connectivity index (χ0n) is 9.68. The van der Waals surface area contributed by atoms with Crippen molar-refractivity contribution in [3.05, 3.63) is 22.4 Å². The van der Waals surface area contributed by atoms with Crippen LogP contribution in [0.5, 0.6) is 0 Å². The van der Waals surface area contributed by atoms with Crippen LogP contribution in [0.2, 0.25) is 0 Å². The lowest BCUT2D eigenvalue weighted by Gasteiger charge is -2.36. The molecule has 0 N–H and O–H groups in total. The molecule has 2 rings (SSSR count). The Morgan fingerprint density at radius 1 is 1.56 bits per heavy atom. The molecule has 0 radical (unpaired) electrons. The fourth-order valence-electron chi connectivity index (χ4n) is 1.92. The van der Waals surface area contributed by atoms with Crippen LogP contribution in [-0.4, -0.2) is 40.8 Å². The lowest BCUT2D eigenvalue weighted by atomic mass is 10.2. The first-order valence-corrected chi connectivity index (χ1v) is 7.53. The van der Waals surface area contributed by atoms with Crippen LogP contribution in [0, 0.1) is 0 Å². The second-order valence-electron chi connectivity index (χ2n) is 4.19. The van der Waals surface area contributed by atoms with Crippen molar-refractivity contribution < 1.29 is 4.79 Å². The molecule has 1 aliphatic heterocycles. The molecule has 1 fully saturated rings. The van der Waals surface area contributed by atoms with Gasteiger partial charge in [-0.15, -0.1) is 11.3 Å². The van der Waals surface area contributed by atoms with Gasteiger partial charge >= 0.3 is 0 Å². The summed E-state index contributed by atoms with van der Waals surface area (Å²) < 4.78 is 0. The van der Waals surface area contributed by atoms with Gasteiger partial charge in [0.05, 0.1) is 11.4 Å². The van der Waals surface area contributed by atoms with Gasteiger partial charge in [0, 0.05) is 23.6 Å². The minimum atomic E-state index is 0.265. The van der Waals surface area contributed by atoms with E-state index in [1.807, 2.05) is 29.3 Å². The number of carbonyl (C=O) groups is 1. The number of nitrogens with zero attached hydrogens (tertiary/aromatic N) is 1. The lowest BCUT2D eigenvalue weighted by Crippen LogP contribution is -2.46. The largest absolute Gasteiger partial charge is 0.292 e. The molecule has 16 heavy (non-hydrogen) atoms. The number of Topliss-reactive ketones (excluding diaryl/α,β-unsaturated/α-hetero) is 1. The van der Waals surface area contributed by atoms with Crippen molar-refractivity contribution >= 4 is 28.9 Å². The number of rotatable bonds is 3. The SMILES string of the molecule is CC1SCCN(CC(=O)c2cccs2)C1C. The summed E-state index contributed by atoms with van der Waals surface area (Å²) in [6, 6.07) is 4.36. The molecule has 0 bridgehead atoms. The molecule has 0 aliphatic carbocycles. The number of hydrogen-bond acceptors (Lipinski definition) is 4. The van der Waals surface area contributed by atoms with Crippen molar-refractivity contribution in [2.24, 2.45) is 0 Å². The summed E-state index contributed by atoms with van der Waals surface area (Å²) in [5, 5.41) is 2.59. The van der Waals surface area contributed by atoms with Crippen molar-refractivity contribution in [3.8, 4) is 0 Å². The Kier molecular flexibility index (Phi) is 4.05. The first-order valence-electron chi connectivity index (χ1n) is 5.61. The van der Waals surface area contributed by atoms with Crippen molar-refractivity contribution in [2.75, 3.05) is 18.8 Å². The van der Waals surface area contributed by atoms with Gasteiger partial charge in [-0.2, -0.15) is 11.8 Å². The van der Waals surface area contributed by atoms with E-state index in [0.717, 1.165) is 17.2 Å². The summed E-state index contributed by atoms with van der Waals surface area (Å²) in [7, 11) is 0. The Bertz CT molecular complexity index is 350. The van der Waals surface area contributed by atoms with Crippen LogP contribution in [0.25, 0.3) is 0 Å². The van der Waals surface area contributed by atoms with Crippen molar-refractivity contribution in [3.63, 3.8) is 0 Å². The van der Waals surface area contributed by atoms with E-state index in [1.165, 1.54) is 0 Å². The molecule has 0 amide bonds. The topological polar surface area (TPSA) is 20.3 Å². The Balaban J connectivity index is 1.96. The molecule has 1 aromatic rings. The molecule has 2 unspecified atom stereocenters. The highest BCUT2D eigenvalue weighted by Crippen LogP contribution is 2.24. The number of thioether (sulfide) groups is 1. The summed E-state index contributed by atoms with van der Waals surface area (Å²) >= 11 is 3.54. The molecule has 0 spiro atoms. The van der Waals surface area contributed by atoms with Gasteiger partial charge in [0.15, 0.2) is 5.78 Å². The monoisotopic (exact) mass is 255 g/mol. The lowest BCUT2D eigenvalue weighted by molar-refractivity contribution is 0.0906. The van der Waals surface area contributed by atoms with Gasteiger partial charge in [-0.05, 0) is 18.4 Å². The average Bonchev–Trinajstić information content (AvgIpc) is 2.78. The number of ketones is 1. The van der Waals surface area contributed by atoms with Crippen LogP contribution in [0.15, 0.2) is 17.5 Å². The summed E-state index contributed by atoms with van der Waals surface area (Å²) in [6.45, 7) is 6.08. The maximum atomic E-state index is 12.0. The molecule has 88 valence electrons. The van der Waals surface area contributed by atoms with E-state index in [2.05, 4.69) is 18.7 Å². The fraction of sp³-hybridized carbons (Fsp3) is 0.583. The molecular weight excluding hydrogens is 238 g/mol. The molecule has 0 aromatic carbocycles. The van der Waals surface area contributed by atoms with Gasteiger partial charge in [-0.3, -0.25) is 9.69 Å².